The van der Waals surface area contributed by atoms with Gasteiger partial charge in [-0.3, -0.25) is 4.68 Å². The normalized spacial score (nSPS) is 12.5. The highest BCUT2D eigenvalue weighted by Crippen LogP contribution is 2.19. The van der Waals surface area contributed by atoms with Crippen molar-refractivity contribution in [3.63, 3.8) is 0 Å². The van der Waals surface area contributed by atoms with E-state index >= 15 is 0 Å². The zero-order chi connectivity index (χ0) is 10.1. The van der Waals surface area contributed by atoms with Gasteiger partial charge in [-0.1, -0.05) is 13.8 Å². The van der Waals surface area contributed by atoms with Crippen LogP contribution in [-0.2, 0) is 12.1 Å². The number of aliphatic hydroxyl groups is 1. The van der Waals surface area contributed by atoms with Gasteiger partial charge in [0.15, 0.2) is 0 Å². The third-order valence-electron chi connectivity index (χ3n) is 1.88. The van der Waals surface area contributed by atoms with Crippen LogP contribution in [0.5, 0.6) is 0 Å². The van der Waals surface area contributed by atoms with Crippen LogP contribution in [0.3, 0.4) is 0 Å². The fraction of sp³-hybridized carbons (Fsp3) is 0.700. The Kier molecular flexibility index (Phi) is 2.76. The fourth-order valence-corrected chi connectivity index (χ4v) is 1.34. The van der Waals surface area contributed by atoms with Gasteiger partial charge in [-0.15, -0.1) is 0 Å². The minimum Gasteiger partial charge on any atom is -0.384 e. The number of hydrogen-bond donors (Lipinski definition) is 1. The van der Waals surface area contributed by atoms with Crippen molar-refractivity contribution in [2.45, 2.75) is 39.8 Å². The van der Waals surface area contributed by atoms with Gasteiger partial charge in [0, 0.05) is 12.7 Å². The predicted octanol–water partition coefficient (Wildman–Crippen LogP) is 1.77. The Hall–Kier alpha value is -0.830. The standard InChI is InChI=1S/C10H18N2O/c1-8(2)7-12-9(5-6-11-12)10(3,4)13/h5-6,8,13H,7H2,1-4H3. The molecule has 13 heavy (non-hydrogen) atoms. The summed E-state index contributed by atoms with van der Waals surface area (Å²) in [6.07, 6.45) is 1.73. The second-order valence-electron chi connectivity index (χ2n) is 4.35. The van der Waals surface area contributed by atoms with Crippen molar-refractivity contribution in [2.24, 2.45) is 5.92 Å². The van der Waals surface area contributed by atoms with Crippen molar-refractivity contribution in [3.8, 4) is 0 Å². The number of aromatic nitrogens is 2. The van der Waals surface area contributed by atoms with E-state index in [1.165, 1.54) is 0 Å². The summed E-state index contributed by atoms with van der Waals surface area (Å²) in [5, 5.41) is 14.0. The van der Waals surface area contributed by atoms with Gasteiger partial charge in [0.2, 0.25) is 0 Å². The van der Waals surface area contributed by atoms with Gasteiger partial charge in [0.25, 0.3) is 0 Å². The van der Waals surface area contributed by atoms with Crippen LogP contribution in [0.2, 0.25) is 0 Å². The first-order chi connectivity index (χ1) is 5.91. The molecule has 1 heterocycles. The zero-order valence-corrected chi connectivity index (χ0v) is 8.78. The molecule has 0 aliphatic heterocycles. The number of hydrogen-bond acceptors (Lipinski definition) is 2. The molecule has 1 aromatic rings. The Morgan fingerprint density at radius 1 is 1.54 bits per heavy atom. The van der Waals surface area contributed by atoms with Crippen LogP contribution >= 0.6 is 0 Å². The van der Waals surface area contributed by atoms with Gasteiger partial charge < -0.3 is 5.11 Å². The van der Waals surface area contributed by atoms with Gasteiger partial charge >= 0.3 is 0 Å². The maximum Gasteiger partial charge on any atom is 0.101 e. The third kappa shape index (κ3) is 2.56. The molecule has 0 amide bonds. The highest BCUT2D eigenvalue weighted by molar-refractivity contribution is 5.08. The van der Waals surface area contributed by atoms with E-state index in [4.69, 9.17) is 0 Å². The molecule has 0 unspecified atom stereocenters. The first-order valence-electron chi connectivity index (χ1n) is 4.66. The van der Waals surface area contributed by atoms with E-state index < -0.39 is 5.60 Å². The summed E-state index contributed by atoms with van der Waals surface area (Å²) >= 11 is 0. The van der Waals surface area contributed by atoms with E-state index in [2.05, 4.69) is 18.9 Å². The summed E-state index contributed by atoms with van der Waals surface area (Å²) in [6, 6.07) is 1.86. The van der Waals surface area contributed by atoms with Crippen LogP contribution in [0.15, 0.2) is 12.3 Å². The van der Waals surface area contributed by atoms with E-state index in [0.29, 0.717) is 5.92 Å². The molecule has 1 rings (SSSR count). The lowest BCUT2D eigenvalue weighted by molar-refractivity contribution is 0.0675. The minimum absolute atomic E-state index is 0.543. The van der Waals surface area contributed by atoms with Crippen molar-refractivity contribution >= 4 is 0 Å². The zero-order valence-electron chi connectivity index (χ0n) is 8.78. The largest absolute Gasteiger partial charge is 0.384 e. The lowest BCUT2D eigenvalue weighted by atomic mass is 10.1. The molecule has 1 N–H and O–H groups in total. The average Bonchev–Trinajstić information content (AvgIpc) is 2.31. The predicted molar refractivity (Wildman–Crippen MR) is 52.3 cm³/mol. The van der Waals surface area contributed by atoms with Gasteiger partial charge in [-0.2, -0.15) is 5.10 Å². The van der Waals surface area contributed by atoms with Crippen LogP contribution in [0.4, 0.5) is 0 Å². The van der Waals surface area contributed by atoms with E-state index in [1.54, 1.807) is 20.0 Å². The summed E-state index contributed by atoms with van der Waals surface area (Å²) in [7, 11) is 0. The van der Waals surface area contributed by atoms with Crippen molar-refractivity contribution in [2.75, 3.05) is 0 Å². The van der Waals surface area contributed by atoms with Crippen molar-refractivity contribution < 1.29 is 5.11 Å². The maximum absolute atomic E-state index is 9.81. The summed E-state index contributed by atoms with van der Waals surface area (Å²) in [4.78, 5) is 0. The van der Waals surface area contributed by atoms with Gasteiger partial charge in [-0.25, -0.2) is 0 Å². The molecule has 0 aromatic carbocycles. The molecule has 0 saturated carbocycles. The summed E-state index contributed by atoms with van der Waals surface area (Å²) in [5.41, 5.74) is 0.0759. The van der Waals surface area contributed by atoms with Gasteiger partial charge in [-0.05, 0) is 25.8 Å². The molecule has 3 nitrogen and oxygen atoms in total. The molecule has 0 saturated heterocycles. The number of rotatable bonds is 3. The summed E-state index contributed by atoms with van der Waals surface area (Å²) in [6.45, 7) is 8.68. The van der Waals surface area contributed by atoms with Crippen molar-refractivity contribution in [1.82, 2.24) is 9.78 Å². The molecule has 0 aliphatic carbocycles. The molecule has 0 atom stereocenters. The average molecular weight is 182 g/mol. The molecule has 0 fully saturated rings. The lowest BCUT2D eigenvalue weighted by Gasteiger charge is -2.19. The molecular weight excluding hydrogens is 164 g/mol. The van der Waals surface area contributed by atoms with Crippen molar-refractivity contribution in [1.29, 1.82) is 0 Å². The Morgan fingerprint density at radius 3 is 2.62 bits per heavy atom. The minimum atomic E-state index is -0.800. The van der Waals surface area contributed by atoms with Crippen molar-refractivity contribution in [3.05, 3.63) is 18.0 Å². The Morgan fingerprint density at radius 2 is 2.15 bits per heavy atom. The third-order valence-corrected chi connectivity index (χ3v) is 1.88. The fourth-order valence-electron chi connectivity index (χ4n) is 1.34. The van der Waals surface area contributed by atoms with Crippen LogP contribution in [0.1, 0.15) is 33.4 Å². The van der Waals surface area contributed by atoms with Crippen LogP contribution in [0.25, 0.3) is 0 Å². The van der Waals surface area contributed by atoms with Crippen LogP contribution < -0.4 is 0 Å². The number of nitrogens with zero attached hydrogens (tertiary/aromatic N) is 2. The van der Waals surface area contributed by atoms with E-state index in [-0.39, 0.29) is 0 Å². The molecule has 0 spiro atoms. The summed E-state index contributed by atoms with van der Waals surface area (Å²) in [5.74, 6) is 0.543. The second kappa shape index (κ2) is 3.50. The van der Waals surface area contributed by atoms with Crippen LogP contribution in [0, 0.1) is 5.92 Å². The summed E-state index contributed by atoms with van der Waals surface area (Å²) < 4.78 is 1.87. The molecular formula is C10H18N2O. The highest BCUT2D eigenvalue weighted by atomic mass is 16.3. The molecule has 1 aromatic heterocycles. The maximum atomic E-state index is 9.81. The Labute approximate surface area is 79.4 Å². The first-order valence-corrected chi connectivity index (χ1v) is 4.66. The first kappa shape index (κ1) is 10.3. The smallest absolute Gasteiger partial charge is 0.101 e. The van der Waals surface area contributed by atoms with Crippen LogP contribution in [-0.4, -0.2) is 14.9 Å². The Balaban J connectivity index is 2.90. The van der Waals surface area contributed by atoms with E-state index in [9.17, 15) is 5.11 Å². The second-order valence-corrected chi connectivity index (χ2v) is 4.35. The SMILES string of the molecule is CC(C)Cn1nccc1C(C)(C)O. The molecule has 74 valence electrons. The van der Waals surface area contributed by atoms with Gasteiger partial charge in [0.05, 0.1) is 5.69 Å². The van der Waals surface area contributed by atoms with E-state index in [1.807, 2.05) is 10.7 Å². The lowest BCUT2D eigenvalue weighted by Crippen LogP contribution is -2.22. The highest BCUT2D eigenvalue weighted by Gasteiger charge is 2.20. The Bertz CT molecular complexity index is 271. The molecule has 0 radical (unpaired) electrons. The molecule has 0 aliphatic rings. The molecule has 3 heteroatoms. The quantitative estimate of drug-likeness (QED) is 0.773. The molecule has 0 bridgehead atoms. The van der Waals surface area contributed by atoms with E-state index in [0.717, 1.165) is 12.2 Å². The monoisotopic (exact) mass is 182 g/mol. The van der Waals surface area contributed by atoms with Gasteiger partial charge in [0.1, 0.15) is 5.60 Å². The topological polar surface area (TPSA) is 38.0 Å².